The zero-order valence-corrected chi connectivity index (χ0v) is 20.1. The first-order valence-electron chi connectivity index (χ1n) is 11.5. The van der Waals surface area contributed by atoms with Gasteiger partial charge >= 0.3 is 6.18 Å². The summed E-state index contributed by atoms with van der Waals surface area (Å²) in [6.07, 6.45) is -4.78. The Morgan fingerprint density at radius 1 is 1.25 bits per heavy atom. The summed E-state index contributed by atoms with van der Waals surface area (Å²) in [6, 6.07) is 5.11. The zero-order valence-electron chi connectivity index (χ0n) is 20.1. The fraction of sp³-hybridized carbons (Fsp3) is 0.458. The molecule has 12 heteroatoms. The molecule has 0 unspecified atom stereocenters. The van der Waals surface area contributed by atoms with Crippen LogP contribution in [0.5, 0.6) is 0 Å². The number of carbonyl (C=O) groups is 1. The van der Waals surface area contributed by atoms with Crippen molar-refractivity contribution in [3.8, 4) is 0 Å². The van der Waals surface area contributed by atoms with E-state index in [-0.39, 0.29) is 18.0 Å². The van der Waals surface area contributed by atoms with Gasteiger partial charge in [-0.2, -0.15) is 13.2 Å². The van der Waals surface area contributed by atoms with E-state index >= 15 is 0 Å². The van der Waals surface area contributed by atoms with Crippen molar-refractivity contribution >= 4 is 22.8 Å². The molecule has 192 valence electrons. The molecular weight excluding hydrogens is 480 g/mol. The Hall–Kier alpha value is -3.25. The average Bonchev–Trinajstić information content (AvgIpc) is 3.14. The number of ether oxygens (including phenoxy) is 1. The second-order valence-corrected chi connectivity index (χ2v) is 9.50. The van der Waals surface area contributed by atoms with Gasteiger partial charge in [-0.15, -0.1) is 0 Å². The molecule has 0 bridgehead atoms. The number of carbonyl (C=O) groups excluding carboxylic acids is 1. The van der Waals surface area contributed by atoms with E-state index < -0.39 is 23.2 Å². The molecule has 5 rings (SSSR count). The summed E-state index contributed by atoms with van der Waals surface area (Å²) in [4.78, 5) is 25.1. The third kappa shape index (κ3) is 4.17. The van der Waals surface area contributed by atoms with Crippen molar-refractivity contribution in [2.75, 3.05) is 45.7 Å². The summed E-state index contributed by atoms with van der Waals surface area (Å²) in [6.45, 7) is 3.69. The molecule has 0 saturated carbocycles. The molecule has 1 aromatic carbocycles. The fourth-order valence-corrected chi connectivity index (χ4v) is 4.86. The molecule has 0 atom stereocenters. The first-order chi connectivity index (χ1) is 17.0. The number of anilines is 1. The minimum absolute atomic E-state index is 0.0172. The number of rotatable bonds is 5. The molecule has 0 aliphatic carbocycles. The predicted octanol–water partition coefficient (Wildman–Crippen LogP) is 3.14. The highest BCUT2D eigenvalue weighted by Crippen LogP contribution is 2.42. The number of halogens is 4. The van der Waals surface area contributed by atoms with Gasteiger partial charge in [0.15, 0.2) is 0 Å². The number of likely N-dealkylation sites (tertiary alicyclic amines) is 1. The Morgan fingerprint density at radius 3 is 2.69 bits per heavy atom. The number of hydrogen-bond acceptors (Lipinski definition) is 6. The Bertz CT molecular complexity index is 1330. The van der Waals surface area contributed by atoms with Crippen LogP contribution in [0.3, 0.4) is 0 Å². The maximum Gasteiger partial charge on any atom is 0.419 e. The van der Waals surface area contributed by atoms with Crippen LogP contribution in [0.1, 0.15) is 22.6 Å². The SMILES string of the molecule is Cc1nc(NCc2cccc(C(F)(F)F)c2F)c2cc3n(c2n1)CCOC31CN(C(=O)CN(C)C)C1. The summed E-state index contributed by atoms with van der Waals surface area (Å²) in [7, 11) is 3.67. The first-order valence-corrected chi connectivity index (χ1v) is 11.5. The number of likely N-dealkylation sites (N-methyl/N-ethyl adjacent to an activating group) is 1. The third-order valence-corrected chi connectivity index (χ3v) is 6.55. The van der Waals surface area contributed by atoms with Crippen molar-refractivity contribution in [2.45, 2.75) is 31.8 Å². The van der Waals surface area contributed by atoms with Crippen molar-refractivity contribution < 1.29 is 27.1 Å². The van der Waals surface area contributed by atoms with Crippen LogP contribution in [-0.2, 0) is 34.4 Å². The summed E-state index contributed by atoms with van der Waals surface area (Å²) in [5.41, 5.74) is -0.551. The van der Waals surface area contributed by atoms with E-state index in [1.54, 1.807) is 11.8 Å². The van der Waals surface area contributed by atoms with Gasteiger partial charge in [0.25, 0.3) is 0 Å². The largest absolute Gasteiger partial charge is 0.419 e. The van der Waals surface area contributed by atoms with E-state index in [1.165, 1.54) is 12.1 Å². The average molecular weight is 507 g/mol. The van der Waals surface area contributed by atoms with Crippen LogP contribution in [0.4, 0.5) is 23.4 Å². The second-order valence-electron chi connectivity index (χ2n) is 9.50. The van der Waals surface area contributed by atoms with Gasteiger partial charge in [-0.05, 0) is 33.2 Å². The molecule has 8 nitrogen and oxygen atoms in total. The number of nitrogens with zero attached hydrogens (tertiary/aromatic N) is 5. The van der Waals surface area contributed by atoms with Crippen LogP contribution in [-0.4, -0.2) is 70.6 Å². The molecule has 0 radical (unpaired) electrons. The highest BCUT2D eigenvalue weighted by molar-refractivity contribution is 5.89. The van der Waals surface area contributed by atoms with E-state index in [1.807, 2.05) is 29.6 Å². The summed E-state index contributed by atoms with van der Waals surface area (Å²) in [5.74, 6) is -0.429. The van der Waals surface area contributed by atoms with Crippen molar-refractivity contribution in [2.24, 2.45) is 0 Å². The van der Waals surface area contributed by atoms with Crippen molar-refractivity contribution in [3.63, 3.8) is 0 Å². The van der Waals surface area contributed by atoms with Gasteiger partial charge in [0.05, 0.1) is 42.9 Å². The lowest BCUT2D eigenvalue weighted by atomic mass is 9.88. The number of amides is 1. The van der Waals surface area contributed by atoms with Crippen LogP contribution < -0.4 is 5.32 Å². The molecule has 2 aliphatic heterocycles. The number of hydrogen-bond donors (Lipinski definition) is 1. The molecule has 3 aromatic rings. The summed E-state index contributed by atoms with van der Waals surface area (Å²) in [5, 5.41) is 3.66. The highest BCUT2D eigenvalue weighted by atomic mass is 19.4. The monoisotopic (exact) mass is 506 g/mol. The topological polar surface area (TPSA) is 75.5 Å². The molecular formula is C24H26F4N6O2. The molecule has 1 amide bonds. The van der Waals surface area contributed by atoms with Gasteiger partial charge in [-0.25, -0.2) is 14.4 Å². The predicted molar refractivity (Wildman–Crippen MR) is 124 cm³/mol. The molecule has 1 saturated heterocycles. The van der Waals surface area contributed by atoms with Crippen LogP contribution in [0.25, 0.3) is 11.0 Å². The quantitative estimate of drug-likeness (QED) is 0.536. The standard InChI is InChI=1S/C24H26F4N6O2/c1-14-30-21(29-10-15-5-4-6-17(20(15)25)24(26,27)28)16-9-18-23(36-8-7-34(18)22(16)31-14)12-33(13-23)19(35)11-32(2)3/h4-6,9H,7-8,10-13H2,1-3H3,(H,29,30,31). The molecule has 1 N–H and O–H groups in total. The highest BCUT2D eigenvalue weighted by Gasteiger charge is 2.51. The number of aromatic nitrogens is 3. The Balaban J connectivity index is 1.45. The lowest BCUT2D eigenvalue weighted by Crippen LogP contribution is -2.65. The van der Waals surface area contributed by atoms with Gasteiger partial charge in [0.1, 0.15) is 28.7 Å². The zero-order chi connectivity index (χ0) is 25.8. The molecule has 1 fully saturated rings. The van der Waals surface area contributed by atoms with Crippen molar-refractivity contribution in [1.29, 1.82) is 0 Å². The number of aryl methyl sites for hydroxylation is 1. The van der Waals surface area contributed by atoms with Crippen molar-refractivity contribution in [3.05, 3.63) is 52.7 Å². The van der Waals surface area contributed by atoms with Crippen LogP contribution >= 0.6 is 0 Å². The van der Waals surface area contributed by atoms with Gasteiger partial charge in [-0.1, -0.05) is 12.1 Å². The normalized spacial score (nSPS) is 16.9. The van der Waals surface area contributed by atoms with Crippen LogP contribution in [0, 0.1) is 12.7 Å². The second kappa shape index (κ2) is 8.70. The number of nitrogens with one attached hydrogen (secondary N) is 1. The Kier molecular flexibility index (Phi) is 5.91. The molecule has 2 aromatic heterocycles. The fourth-order valence-electron chi connectivity index (χ4n) is 4.86. The number of fused-ring (bicyclic) bond motifs is 4. The van der Waals surface area contributed by atoms with Crippen molar-refractivity contribution in [1.82, 2.24) is 24.3 Å². The maximum atomic E-state index is 14.5. The van der Waals surface area contributed by atoms with Crippen LogP contribution in [0.15, 0.2) is 24.3 Å². The van der Waals surface area contributed by atoms with E-state index in [2.05, 4.69) is 15.3 Å². The Labute approximate surface area is 204 Å². The maximum absolute atomic E-state index is 14.5. The van der Waals surface area contributed by atoms with E-state index in [4.69, 9.17) is 4.74 Å². The third-order valence-electron chi connectivity index (χ3n) is 6.55. The van der Waals surface area contributed by atoms with Gasteiger partial charge < -0.3 is 24.4 Å². The van der Waals surface area contributed by atoms with Gasteiger partial charge in [-0.3, -0.25) is 4.79 Å². The molecule has 4 heterocycles. The summed E-state index contributed by atoms with van der Waals surface area (Å²) < 4.78 is 62.1. The molecule has 36 heavy (non-hydrogen) atoms. The van der Waals surface area contributed by atoms with E-state index in [0.29, 0.717) is 55.5 Å². The molecule has 1 spiro atoms. The van der Waals surface area contributed by atoms with Gasteiger partial charge in [0, 0.05) is 18.7 Å². The van der Waals surface area contributed by atoms with E-state index in [0.717, 1.165) is 11.8 Å². The lowest BCUT2D eigenvalue weighted by Gasteiger charge is -2.51. The summed E-state index contributed by atoms with van der Waals surface area (Å²) >= 11 is 0. The minimum Gasteiger partial charge on any atom is -0.365 e. The smallest absolute Gasteiger partial charge is 0.365 e. The lowest BCUT2D eigenvalue weighted by molar-refractivity contribution is -0.182. The first kappa shape index (κ1) is 24.4. The van der Waals surface area contributed by atoms with Gasteiger partial charge in [0.2, 0.25) is 5.91 Å². The Morgan fingerprint density at radius 2 is 2.00 bits per heavy atom. The van der Waals surface area contributed by atoms with E-state index in [9.17, 15) is 22.4 Å². The molecule has 2 aliphatic rings. The number of alkyl halides is 3. The minimum atomic E-state index is -4.78. The number of benzene rings is 1. The van der Waals surface area contributed by atoms with Crippen LogP contribution in [0.2, 0.25) is 0 Å².